The average molecular weight is 375 g/mol. The SMILES string of the molecule is Cc1ccc2c(nc3sc(=Cc4cccc(Cl)c4Cl)c(=O)n32)c1C. The van der Waals surface area contributed by atoms with Gasteiger partial charge in [0.15, 0.2) is 4.96 Å². The molecule has 0 aliphatic carbocycles. The quantitative estimate of drug-likeness (QED) is 0.495. The van der Waals surface area contributed by atoms with Crippen LogP contribution < -0.4 is 10.1 Å². The maximum absolute atomic E-state index is 12.8. The molecule has 0 spiro atoms. The van der Waals surface area contributed by atoms with Crippen molar-refractivity contribution in [3.05, 3.63) is 72.0 Å². The minimum absolute atomic E-state index is 0.0863. The Balaban J connectivity index is 2.04. The standard InChI is InChI=1S/C18H12Cl2N2OS/c1-9-6-7-13-16(10(9)2)21-18-22(13)17(23)14(24-18)8-11-4-3-5-12(19)15(11)20/h3-8H,1-2H3. The van der Waals surface area contributed by atoms with Crippen molar-refractivity contribution >= 4 is 56.6 Å². The van der Waals surface area contributed by atoms with Gasteiger partial charge in [-0.15, -0.1) is 0 Å². The topological polar surface area (TPSA) is 34.4 Å². The molecule has 0 amide bonds. The van der Waals surface area contributed by atoms with Gasteiger partial charge in [0.25, 0.3) is 5.56 Å². The predicted molar refractivity (Wildman–Crippen MR) is 102 cm³/mol. The summed E-state index contributed by atoms with van der Waals surface area (Å²) in [5.41, 5.74) is 4.63. The third-order valence-electron chi connectivity index (χ3n) is 4.20. The van der Waals surface area contributed by atoms with E-state index in [1.54, 1.807) is 16.5 Å². The first-order valence-electron chi connectivity index (χ1n) is 7.34. The lowest BCUT2D eigenvalue weighted by Crippen LogP contribution is -2.22. The molecule has 2 aromatic heterocycles. The number of imidazole rings is 1. The van der Waals surface area contributed by atoms with Gasteiger partial charge in [-0.25, -0.2) is 9.38 Å². The summed E-state index contributed by atoms with van der Waals surface area (Å²) in [4.78, 5) is 18.2. The van der Waals surface area contributed by atoms with Crippen molar-refractivity contribution in [3.8, 4) is 0 Å². The third-order valence-corrected chi connectivity index (χ3v) is 6.01. The number of nitrogens with zero attached hydrogens (tertiary/aromatic N) is 2. The van der Waals surface area contributed by atoms with Gasteiger partial charge in [0, 0.05) is 0 Å². The van der Waals surface area contributed by atoms with E-state index >= 15 is 0 Å². The van der Waals surface area contributed by atoms with Crippen LogP contribution in [0.15, 0.2) is 35.1 Å². The van der Waals surface area contributed by atoms with Gasteiger partial charge in [-0.05, 0) is 48.7 Å². The molecule has 4 aromatic rings. The maximum Gasteiger partial charge on any atom is 0.274 e. The van der Waals surface area contributed by atoms with Crippen molar-refractivity contribution in [1.29, 1.82) is 0 Å². The van der Waals surface area contributed by atoms with E-state index in [9.17, 15) is 4.79 Å². The Morgan fingerprint density at radius 2 is 1.96 bits per heavy atom. The Labute approximate surface area is 151 Å². The van der Waals surface area contributed by atoms with Crippen LogP contribution in [0, 0.1) is 13.8 Å². The Morgan fingerprint density at radius 3 is 2.75 bits per heavy atom. The van der Waals surface area contributed by atoms with E-state index < -0.39 is 0 Å². The monoisotopic (exact) mass is 374 g/mol. The van der Waals surface area contributed by atoms with E-state index in [-0.39, 0.29) is 5.56 Å². The molecule has 120 valence electrons. The van der Waals surface area contributed by atoms with E-state index in [4.69, 9.17) is 23.2 Å². The molecule has 2 aromatic carbocycles. The fraction of sp³-hybridized carbons (Fsp3) is 0.111. The minimum atomic E-state index is -0.0863. The van der Waals surface area contributed by atoms with Gasteiger partial charge in [-0.2, -0.15) is 0 Å². The summed E-state index contributed by atoms with van der Waals surface area (Å²) in [6.45, 7) is 4.07. The Bertz CT molecular complexity index is 1220. The van der Waals surface area contributed by atoms with Crippen molar-refractivity contribution in [2.75, 3.05) is 0 Å². The highest BCUT2D eigenvalue weighted by Crippen LogP contribution is 2.26. The molecule has 24 heavy (non-hydrogen) atoms. The van der Waals surface area contributed by atoms with Gasteiger partial charge in [0.2, 0.25) is 0 Å². The van der Waals surface area contributed by atoms with Gasteiger partial charge in [0.05, 0.1) is 25.6 Å². The first kappa shape index (κ1) is 15.6. The number of fused-ring (bicyclic) bond motifs is 3. The van der Waals surface area contributed by atoms with Gasteiger partial charge in [0.1, 0.15) is 0 Å². The lowest BCUT2D eigenvalue weighted by atomic mass is 10.1. The molecule has 2 heterocycles. The lowest BCUT2D eigenvalue weighted by Gasteiger charge is -1.99. The second-order valence-corrected chi connectivity index (χ2v) is 7.46. The molecule has 4 rings (SSSR count). The summed E-state index contributed by atoms with van der Waals surface area (Å²) in [5, 5.41) is 0.914. The second kappa shape index (κ2) is 5.59. The zero-order valence-corrected chi connectivity index (χ0v) is 15.3. The van der Waals surface area contributed by atoms with Gasteiger partial charge in [-0.1, -0.05) is 52.7 Å². The largest absolute Gasteiger partial charge is 0.274 e. The van der Waals surface area contributed by atoms with E-state index in [0.717, 1.165) is 27.7 Å². The molecule has 0 bridgehead atoms. The molecule has 0 unspecified atom stereocenters. The van der Waals surface area contributed by atoms with Crippen LogP contribution in [0.25, 0.3) is 22.1 Å². The van der Waals surface area contributed by atoms with Crippen molar-refractivity contribution in [2.45, 2.75) is 13.8 Å². The van der Waals surface area contributed by atoms with Crippen molar-refractivity contribution in [1.82, 2.24) is 9.38 Å². The van der Waals surface area contributed by atoms with Crippen LogP contribution >= 0.6 is 34.5 Å². The highest BCUT2D eigenvalue weighted by molar-refractivity contribution is 7.15. The number of hydrogen-bond acceptors (Lipinski definition) is 3. The number of aromatic nitrogens is 2. The number of thiazole rings is 1. The molecule has 0 N–H and O–H groups in total. The molecule has 0 saturated carbocycles. The number of hydrogen-bond donors (Lipinski definition) is 0. The molecule has 0 atom stereocenters. The summed E-state index contributed by atoms with van der Waals surface area (Å²) in [6.07, 6.45) is 1.77. The summed E-state index contributed by atoms with van der Waals surface area (Å²) in [6, 6.07) is 9.33. The third kappa shape index (κ3) is 2.25. The van der Waals surface area contributed by atoms with Crippen molar-refractivity contribution in [2.24, 2.45) is 0 Å². The summed E-state index contributed by atoms with van der Waals surface area (Å²) < 4.78 is 2.25. The Kier molecular flexibility index (Phi) is 3.64. The van der Waals surface area contributed by atoms with E-state index in [2.05, 4.69) is 4.98 Å². The van der Waals surface area contributed by atoms with Gasteiger partial charge < -0.3 is 0 Å². The highest BCUT2D eigenvalue weighted by atomic mass is 35.5. The van der Waals surface area contributed by atoms with E-state index in [0.29, 0.717) is 19.5 Å². The molecule has 0 fully saturated rings. The fourth-order valence-electron chi connectivity index (χ4n) is 2.74. The van der Waals surface area contributed by atoms with Gasteiger partial charge >= 0.3 is 0 Å². The molecule has 3 nitrogen and oxygen atoms in total. The first-order chi connectivity index (χ1) is 11.5. The molecule has 6 heteroatoms. The minimum Gasteiger partial charge on any atom is -0.267 e. The van der Waals surface area contributed by atoms with Crippen LogP contribution in [0.5, 0.6) is 0 Å². The lowest BCUT2D eigenvalue weighted by molar-refractivity contribution is 1.19. The fourth-order valence-corrected chi connectivity index (χ4v) is 4.07. The average Bonchev–Trinajstić information content (AvgIpc) is 3.06. The molecular formula is C18H12Cl2N2OS. The summed E-state index contributed by atoms with van der Waals surface area (Å²) in [7, 11) is 0. The number of halogens is 2. The van der Waals surface area contributed by atoms with E-state index in [1.165, 1.54) is 11.3 Å². The highest BCUT2D eigenvalue weighted by Gasteiger charge is 2.14. The molecule has 0 saturated heterocycles. The Morgan fingerprint density at radius 1 is 1.17 bits per heavy atom. The smallest absolute Gasteiger partial charge is 0.267 e. The zero-order chi connectivity index (χ0) is 17.0. The van der Waals surface area contributed by atoms with Gasteiger partial charge in [-0.3, -0.25) is 4.79 Å². The first-order valence-corrected chi connectivity index (χ1v) is 8.91. The normalized spacial score (nSPS) is 12.6. The van der Waals surface area contributed by atoms with Crippen LogP contribution in [0.4, 0.5) is 0 Å². The number of aryl methyl sites for hydroxylation is 2. The Hall–Kier alpha value is -1.88. The summed E-state index contributed by atoms with van der Waals surface area (Å²) >= 11 is 13.6. The summed E-state index contributed by atoms with van der Waals surface area (Å²) in [5.74, 6) is 0. The van der Waals surface area contributed by atoms with Crippen LogP contribution in [0.3, 0.4) is 0 Å². The van der Waals surface area contributed by atoms with Crippen molar-refractivity contribution < 1.29 is 0 Å². The van der Waals surface area contributed by atoms with Crippen molar-refractivity contribution in [3.63, 3.8) is 0 Å². The maximum atomic E-state index is 12.8. The van der Waals surface area contributed by atoms with Crippen LogP contribution in [0.2, 0.25) is 10.0 Å². The van der Waals surface area contributed by atoms with Crippen LogP contribution in [0.1, 0.15) is 16.7 Å². The predicted octanol–water partition coefficient (Wildman–Crippen LogP) is 4.38. The number of benzene rings is 2. The molecule has 0 aliphatic rings. The second-order valence-electron chi connectivity index (χ2n) is 5.66. The van der Waals surface area contributed by atoms with Crippen LogP contribution in [-0.4, -0.2) is 9.38 Å². The molecule has 0 aliphatic heterocycles. The van der Waals surface area contributed by atoms with E-state index in [1.807, 2.05) is 38.1 Å². The molecule has 0 radical (unpaired) electrons. The molecular weight excluding hydrogens is 363 g/mol. The number of rotatable bonds is 1. The zero-order valence-electron chi connectivity index (χ0n) is 12.9. The van der Waals surface area contributed by atoms with Crippen LogP contribution in [-0.2, 0) is 0 Å².